The first-order valence-corrected chi connectivity index (χ1v) is 9.35. The highest BCUT2D eigenvalue weighted by Gasteiger charge is 2.08. The minimum Gasteiger partial charge on any atom is -0.348 e. The van der Waals surface area contributed by atoms with Crippen LogP contribution in [-0.4, -0.2) is 19.9 Å². The van der Waals surface area contributed by atoms with Crippen molar-refractivity contribution in [3.63, 3.8) is 0 Å². The number of nitrogens with zero attached hydrogens (tertiary/aromatic N) is 4. The van der Waals surface area contributed by atoms with Gasteiger partial charge in [0.2, 0.25) is 17.8 Å². The molecular weight excluding hydrogens is 377 g/mol. The van der Waals surface area contributed by atoms with E-state index in [1.807, 2.05) is 35.7 Å². The molecule has 0 amide bonds. The molecule has 0 saturated carbocycles. The van der Waals surface area contributed by atoms with Crippen molar-refractivity contribution in [2.75, 3.05) is 16.0 Å². The van der Waals surface area contributed by atoms with Crippen LogP contribution < -0.4 is 16.0 Å². The van der Waals surface area contributed by atoms with Gasteiger partial charge in [0.25, 0.3) is 0 Å². The molecule has 0 aliphatic heterocycles. The molecule has 4 aromatic rings. The zero-order valence-corrected chi connectivity index (χ0v) is 15.4. The number of rotatable bonds is 7. The van der Waals surface area contributed by atoms with Crippen molar-refractivity contribution in [1.29, 1.82) is 0 Å². The Bertz CT molecular complexity index is 1020. The average Bonchev–Trinajstić information content (AvgIpc) is 3.23. The van der Waals surface area contributed by atoms with Crippen LogP contribution in [0, 0.1) is 5.82 Å². The summed E-state index contributed by atoms with van der Waals surface area (Å²) in [4.78, 5) is 17.4. The highest BCUT2D eigenvalue weighted by molar-refractivity contribution is 7.09. The molecule has 9 heteroatoms. The van der Waals surface area contributed by atoms with Gasteiger partial charge in [0.05, 0.1) is 6.54 Å². The van der Waals surface area contributed by atoms with E-state index in [1.54, 1.807) is 29.7 Å². The van der Waals surface area contributed by atoms with Gasteiger partial charge in [0, 0.05) is 23.0 Å². The third-order valence-corrected chi connectivity index (χ3v) is 4.43. The third-order valence-electron chi connectivity index (χ3n) is 3.65. The summed E-state index contributed by atoms with van der Waals surface area (Å²) in [6, 6.07) is 15.6. The number of halogens is 1. The maximum absolute atomic E-state index is 13.1. The second-order valence-corrected chi connectivity index (χ2v) is 6.69. The van der Waals surface area contributed by atoms with Gasteiger partial charge in [0.1, 0.15) is 10.8 Å². The summed E-state index contributed by atoms with van der Waals surface area (Å²) in [5, 5.41) is 12.2. The molecule has 28 heavy (non-hydrogen) atoms. The normalized spacial score (nSPS) is 10.5. The van der Waals surface area contributed by atoms with Gasteiger partial charge in [-0.05, 0) is 36.4 Å². The number of hydrogen-bond donors (Lipinski definition) is 3. The van der Waals surface area contributed by atoms with Crippen molar-refractivity contribution in [2.24, 2.45) is 0 Å². The van der Waals surface area contributed by atoms with Gasteiger partial charge in [-0.3, -0.25) is 0 Å². The Morgan fingerprint density at radius 3 is 2.07 bits per heavy atom. The van der Waals surface area contributed by atoms with Crippen LogP contribution in [-0.2, 0) is 6.54 Å². The average molecular weight is 393 g/mol. The van der Waals surface area contributed by atoms with Crippen LogP contribution in [0.3, 0.4) is 0 Å². The standard InChI is InChI=1S/C19H16FN7S/c20-13-6-8-15(9-7-13)24-19-26-17(22-12-16-21-10-11-28-16)25-18(27-19)23-14-4-2-1-3-5-14/h1-11H,12H2,(H3,22,23,24,25,26,27). The minimum atomic E-state index is -0.307. The summed E-state index contributed by atoms with van der Waals surface area (Å²) in [5.41, 5.74) is 1.52. The van der Waals surface area contributed by atoms with Crippen LogP contribution in [0.4, 0.5) is 33.6 Å². The van der Waals surface area contributed by atoms with Crippen molar-refractivity contribution in [1.82, 2.24) is 19.9 Å². The SMILES string of the molecule is Fc1ccc(Nc2nc(NCc3nccs3)nc(Nc3ccccc3)n2)cc1. The van der Waals surface area contributed by atoms with E-state index in [2.05, 4.69) is 35.9 Å². The van der Waals surface area contributed by atoms with Crippen molar-refractivity contribution in [3.8, 4) is 0 Å². The Labute approximate surface area is 164 Å². The highest BCUT2D eigenvalue weighted by atomic mass is 32.1. The largest absolute Gasteiger partial charge is 0.348 e. The maximum atomic E-state index is 13.1. The van der Waals surface area contributed by atoms with Crippen LogP contribution in [0.15, 0.2) is 66.2 Å². The lowest BCUT2D eigenvalue weighted by Crippen LogP contribution is -2.09. The molecule has 2 aromatic carbocycles. The topological polar surface area (TPSA) is 87.7 Å². The van der Waals surface area contributed by atoms with Gasteiger partial charge in [-0.2, -0.15) is 15.0 Å². The lowest BCUT2D eigenvalue weighted by molar-refractivity contribution is 0.628. The molecule has 4 rings (SSSR count). The molecule has 2 heterocycles. The first-order valence-electron chi connectivity index (χ1n) is 8.47. The Kier molecular flexibility index (Phi) is 5.34. The summed E-state index contributed by atoms with van der Waals surface area (Å²) in [6.07, 6.45) is 1.75. The van der Waals surface area contributed by atoms with Crippen LogP contribution in [0.25, 0.3) is 0 Å². The minimum absolute atomic E-state index is 0.307. The highest BCUT2D eigenvalue weighted by Crippen LogP contribution is 2.19. The van der Waals surface area contributed by atoms with E-state index in [-0.39, 0.29) is 5.82 Å². The second-order valence-electron chi connectivity index (χ2n) is 5.71. The predicted molar refractivity (Wildman–Crippen MR) is 109 cm³/mol. The van der Waals surface area contributed by atoms with Gasteiger partial charge < -0.3 is 16.0 Å². The fraction of sp³-hybridized carbons (Fsp3) is 0.0526. The van der Waals surface area contributed by atoms with Gasteiger partial charge in [-0.15, -0.1) is 11.3 Å². The number of thiazole rings is 1. The summed E-state index contributed by atoms with van der Waals surface area (Å²) in [7, 11) is 0. The van der Waals surface area contributed by atoms with Gasteiger partial charge in [-0.1, -0.05) is 18.2 Å². The van der Waals surface area contributed by atoms with Crippen LogP contribution in [0.2, 0.25) is 0 Å². The predicted octanol–water partition coefficient (Wildman–Crippen LogP) is 4.57. The first-order chi connectivity index (χ1) is 13.7. The summed E-state index contributed by atoms with van der Waals surface area (Å²) in [6.45, 7) is 0.502. The zero-order chi connectivity index (χ0) is 19.2. The lowest BCUT2D eigenvalue weighted by Gasteiger charge is -2.11. The summed E-state index contributed by atoms with van der Waals surface area (Å²) >= 11 is 1.55. The molecular formula is C19H16FN7S. The molecule has 0 fully saturated rings. The molecule has 0 atom stereocenters. The van der Waals surface area contributed by atoms with Crippen molar-refractivity contribution >= 4 is 40.6 Å². The van der Waals surface area contributed by atoms with E-state index < -0.39 is 0 Å². The third kappa shape index (κ3) is 4.77. The van der Waals surface area contributed by atoms with Crippen LogP contribution in [0.5, 0.6) is 0 Å². The number of benzene rings is 2. The Balaban J connectivity index is 1.58. The summed E-state index contributed by atoms with van der Waals surface area (Å²) < 4.78 is 13.1. The van der Waals surface area contributed by atoms with Crippen molar-refractivity contribution in [3.05, 3.63) is 77.0 Å². The molecule has 0 bridgehead atoms. The monoisotopic (exact) mass is 393 g/mol. The molecule has 0 spiro atoms. The maximum Gasteiger partial charge on any atom is 0.233 e. The van der Waals surface area contributed by atoms with E-state index in [9.17, 15) is 4.39 Å². The second kappa shape index (κ2) is 8.40. The Morgan fingerprint density at radius 1 is 0.786 bits per heavy atom. The van der Waals surface area contributed by atoms with Crippen molar-refractivity contribution < 1.29 is 4.39 Å². The number of nitrogens with one attached hydrogen (secondary N) is 3. The van der Waals surface area contributed by atoms with E-state index in [1.165, 1.54) is 12.1 Å². The molecule has 0 unspecified atom stereocenters. The van der Waals surface area contributed by atoms with E-state index in [0.29, 0.717) is 30.1 Å². The van der Waals surface area contributed by atoms with E-state index in [0.717, 1.165) is 10.7 Å². The van der Waals surface area contributed by atoms with Gasteiger partial charge >= 0.3 is 0 Å². The quantitative estimate of drug-likeness (QED) is 0.424. The Morgan fingerprint density at radius 2 is 1.43 bits per heavy atom. The van der Waals surface area contributed by atoms with Crippen LogP contribution in [0.1, 0.15) is 5.01 Å². The molecule has 7 nitrogen and oxygen atoms in total. The molecule has 2 aromatic heterocycles. The fourth-order valence-corrected chi connectivity index (χ4v) is 2.93. The Hall–Kier alpha value is -3.59. The van der Waals surface area contributed by atoms with Crippen LogP contribution >= 0.6 is 11.3 Å². The van der Waals surface area contributed by atoms with Crippen molar-refractivity contribution in [2.45, 2.75) is 6.54 Å². The molecule has 3 N–H and O–H groups in total. The molecule has 0 radical (unpaired) electrons. The zero-order valence-electron chi connectivity index (χ0n) is 14.6. The summed E-state index contributed by atoms with van der Waals surface area (Å²) in [5.74, 6) is 0.806. The molecule has 0 saturated heterocycles. The van der Waals surface area contributed by atoms with Gasteiger partial charge in [-0.25, -0.2) is 9.37 Å². The molecule has 0 aliphatic rings. The fourth-order valence-electron chi connectivity index (χ4n) is 2.37. The van der Waals surface area contributed by atoms with E-state index in [4.69, 9.17) is 0 Å². The number of hydrogen-bond acceptors (Lipinski definition) is 8. The molecule has 140 valence electrons. The number of para-hydroxylation sites is 1. The van der Waals surface area contributed by atoms with E-state index >= 15 is 0 Å². The smallest absolute Gasteiger partial charge is 0.233 e. The molecule has 0 aliphatic carbocycles. The van der Waals surface area contributed by atoms with Gasteiger partial charge in [0.15, 0.2) is 0 Å². The first kappa shape index (κ1) is 17.8. The number of aromatic nitrogens is 4. The lowest BCUT2D eigenvalue weighted by atomic mass is 10.3. The number of anilines is 5.